The molecule has 1 aliphatic rings. The molecular weight excluding hydrogens is 392 g/mol. The summed E-state index contributed by atoms with van der Waals surface area (Å²) in [6.07, 6.45) is 0. The summed E-state index contributed by atoms with van der Waals surface area (Å²) in [6, 6.07) is 13.8. The summed E-state index contributed by atoms with van der Waals surface area (Å²) < 4.78 is 10.8. The molecule has 1 aliphatic heterocycles. The maximum atomic E-state index is 12.4. The molecule has 2 N–H and O–H groups in total. The highest BCUT2D eigenvalue weighted by Gasteiger charge is 2.34. The molecule has 29 heavy (non-hydrogen) atoms. The molecule has 0 aliphatic carbocycles. The molecule has 3 rings (SSSR count). The van der Waals surface area contributed by atoms with E-state index in [-0.39, 0.29) is 11.9 Å². The van der Waals surface area contributed by atoms with Gasteiger partial charge in [0.2, 0.25) is 0 Å². The molecule has 0 saturated heterocycles. The lowest BCUT2D eigenvalue weighted by Gasteiger charge is -2.30. The Kier molecular flexibility index (Phi) is 6.44. The molecular formula is C22H23ClN2O4. The van der Waals surface area contributed by atoms with Gasteiger partial charge in [0.25, 0.3) is 0 Å². The Morgan fingerprint density at radius 3 is 2.34 bits per heavy atom. The van der Waals surface area contributed by atoms with Crippen LogP contribution in [0, 0.1) is 5.92 Å². The van der Waals surface area contributed by atoms with E-state index in [2.05, 4.69) is 10.6 Å². The maximum absolute atomic E-state index is 12.4. The predicted octanol–water partition coefficient (Wildman–Crippen LogP) is 4.36. The first-order chi connectivity index (χ1) is 13.9. The molecule has 2 amide bonds. The minimum Gasteiger partial charge on any atom is -0.489 e. The van der Waals surface area contributed by atoms with Gasteiger partial charge in [-0.1, -0.05) is 49.7 Å². The van der Waals surface area contributed by atoms with Gasteiger partial charge in [-0.2, -0.15) is 0 Å². The zero-order valence-corrected chi connectivity index (χ0v) is 17.2. The highest BCUT2D eigenvalue weighted by molar-refractivity contribution is 6.30. The van der Waals surface area contributed by atoms with E-state index < -0.39 is 12.0 Å². The van der Waals surface area contributed by atoms with Gasteiger partial charge in [-0.3, -0.25) is 0 Å². The Balaban J connectivity index is 1.81. The van der Waals surface area contributed by atoms with Crippen molar-refractivity contribution in [3.8, 4) is 5.75 Å². The van der Waals surface area contributed by atoms with Crippen molar-refractivity contribution in [1.29, 1.82) is 0 Å². The number of carbonyl (C=O) groups is 2. The Labute approximate surface area is 174 Å². The van der Waals surface area contributed by atoms with E-state index in [1.807, 2.05) is 62.4 Å². The quantitative estimate of drug-likeness (QED) is 0.689. The molecule has 0 bridgehead atoms. The monoisotopic (exact) mass is 414 g/mol. The third-order valence-electron chi connectivity index (χ3n) is 4.62. The van der Waals surface area contributed by atoms with Crippen LogP contribution in [0.1, 0.15) is 31.0 Å². The first-order valence-electron chi connectivity index (χ1n) is 9.26. The second-order valence-electron chi connectivity index (χ2n) is 6.99. The first-order valence-corrected chi connectivity index (χ1v) is 9.64. The number of rotatable bonds is 6. The van der Waals surface area contributed by atoms with E-state index in [0.29, 0.717) is 28.6 Å². The van der Waals surface area contributed by atoms with Gasteiger partial charge in [0.05, 0.1) is 18.7 Å². The number of nitrogens with one attached hydrogen (secondary N) is 2. The van der Waals surface area contributed by atoms with Crippen LogP contribution in [0.15, 0.2) is 59.8 Å². The van der Waals surface area contributed by atoms with Crippen LogP contribution in [0.4, 0.5) is 4.79 Å². The number of halogens is 1. The third-order valence-corrected chi connectivity index (χ3v) is 4.87. The molecule has 0 aromatic heterocycles. The molecule has 7 heteroatoms. The summed E-state index contributed by atoms with van der Waals surface area (Å²) in [6.45, 7) is 4.23. The number of amides is 2. The highest BCUT2D eigenvalue weighted by atomic mass is 35.5. The Bertz CT molecular complexity index is 921. The van der Waals surface area contributed by atoms with Crippen molar-refractivity contribution >= 4 is 23.6 Å². The number of hydrogen-bond donors (Lipinski definition) is 2. The van der Waals surface area contributed by atoms with Crippen LogP contribution >= 0.6 is 11.6 Å². The van der Waals surface area contributed by atoms with Gasteiger partial charge in [0.1, 0.15) is 12.4 Å². The van der Waals surface area contributed by atoms with Crippen LogP contribution in [-0.4, -0.2) is 19.1 Å². The van der Waals surface area contributed by atoms with E-state index in [1.54, 1.807) is 0 Å². The van der Waals surface area contributed by atoms with E-state index in [4.69, 9.17) is 21.1 Å². The van der Waals surface area contributed by atoms with Crippen LogP contribution in [0.5, 0.6) is 5.75 Å². The van der Waals surface area contributed by atoms with Crippen molar-refractivity contribution in [2.75, 3.05) is 7.11 Å². The molecule has 0 fully saturated rings. The predicted molar refractivity (Wildman–Crippen MR) is 111 cm³/mol. The van der Waals surface area contributed by atoms with Crippen molar-refractivity contribution in [3.63, 3.8) is 0 Å². The average molecular weight is 415 g/mol. The second kappa shape index (κ2) is 9.01. The summed E-state index contributed by atoms with van der Waals surface area (Å²) in [5, 5.41) is 6.21. The average Bonchev–Trinajstić information content (AvgIpc) is 2.72. The molecule has 1 unspecified atom stereocenters. The molecule has 6 nitrogen and oxygen atoms in total. The Hall–Kier alpha value is -2.99. The number of esters is 1. The minimum absolute atomic E-state index is 0.0420. The summed E-state index contributed by atoms with van der Waals surface area (Å²) in [7, 11) is 1.33. The van der Waals surface area contributed by atoms with Gasteiger partial charge in [-0.05, 0) is 41.3 Å². The summed E-state index contributed by atoms with van der Waals surface area (Å²) in [5.74, 6) is 0.158. The molecule has 152 valence electrons. The fourth-order valence-electron chi connectivity index (χ4n) is 3.13. The van der Waals surface area contributed by atoms with Gasteiger partial charge in [0.15, 0.2) is 0 Å². The van der Waals surface area contributed by atoms with E-state index in [9.17, 15) is 9.59 Å². The standard InChI is InChI=1S/C22H23ClN2O4/c1-13(2)19-18(21(26)28-3)20(25-22(27)24-19)15-6-10-17(11-7-15)29-12-14-4-8-16(23)9-5-14/h4-11,13,20H,12H2,1-3H3,(H2,24,25,27). The maximum Gasteiger partial charge on any atom is 0.337 e. The van der Waals surface area contributed by atoms with Gasteiger partial charge in [0, 0.05) is 10.7 Å². The van der Waals surface area contributed by atoms with Crippen molar-refractivity contribution < 1.29 is 19.1 Å². The Morgan fingerprint density at radius 1 is 1.10 bits per heavy atom. The smallest absolute Gasteiger partial charge is 0.337 e. The summed E-state index contributed by atoms with van der Waals surface area (Å²) in [4.78, 5) is 24.5. The molecule has 1 atom stereocenters. The number of allylic oxidation sites excluding steroid dienone is 1. The van der Waals surface area contributed by atoms with Crippen molar-refractivity contribution in [3.05, 3.63) is 76.0 Å². The zero-order valence-electron chi connectivity index (χ0n) is 16.5. The van der Waals surface area contributed by atoms with E-state index in [1.165, 1.54) is 7.11 Å². The van der Waals surface area contributed by atoms with Crippen molar-refractivity contribution in [1.82, 2.24) is 10.6 Å². The molecule has 2 aromatic rings. The minimum atomic E-state index is -0.598. The second-order valence-corrected chi connectivity index (χ2v) is 7.43. The van der Waals surface area contributed by atoms with Gasteiger partial charge in [-0.25, -0.2) is 9.59 Å². The SMILES string of the molecule is COC(=O)C1=C(C(C)C)NC(=O)NC1c1ccc(OCc2ccc(Cl)cc2)cc1. The van der Waals surface area contributed by atoms with Crippen LogP contribution in [0.2, 0.25) is 5.02 Å². The van der Waals surface area contributed by atoms with Crippen LogP contribution < -0.4 is 15.4 Å². The fourth-order valence-corrected chi connectivity index (χ4v) is 3.26. The van der Waals surface area contributed by atoms with Gasteiger partial charge in [-0.15, -0.1) is 0 Å². The Morgan fingerprint density at radius 2 is 1.76 bits per heavy atom. The summed E-state index contributed by atoms with van der Waals surface area (Å²) in [5.41, 5.74) is 2.73. The highest BCUT2D eigenvalue weighted by Crippen LogP contribution is 2.31. The third kappa shape index (κ3) is 4.90. The molecule has 0 spiro atoms. The number of urea groups is 1. The molecule has 0 radical (unpaired) electrons. The lowest BCUT2D eigenvalue weighted by atomic mass is 9.91. The lowest BCUT2D eigenvalue weighted by molar-refractivity contribution is -0.136. The van der Waals surface area contributed by atoms with Gasteiger partial charge >= 0.3 is 12.0 Å². The van der Waals surface area contributed by atoms with Crippen molar-refractivity contribution in [2.24, 2.45) is 5.92 Å². The van der Waals surface area contributed by atoms with Crippen LogP contribution in [0.25, 0.3) is 0 Å². The summed E-state index contributed by atoms with van der Waals surface area (Å²) >= 11 is 5.89. The molecule has 1 heterocycles. The zero-order chi connectivity index (χ0) is 21.0. The number of carbonyl (C=O) groups excluding carboxylic acids is 2. The number of ether oxygens (including phenoxy) is 2. The molecule has 2 aromatic carbocycles. The van der Waals surface area contributed by atoms with E-state index in [0.717, 1.165) is 11.1 Å². The number of methoxy groups -OCH3 is 1. The van der Waals surface area contributed by atoms with Crippen LogP contribution in [0.3, 0.4) is 0 Å². The largest absolute Gasteiger partial charge is 0.489 e. The topological polar surface area (TPSA) is 76.7 Å². The molecule has 0 saturated carbocycles. The first kappa shape index (κ1) is 20.7. The van der Waals surface area contributed by atoms with Gasteiger partial charge < -0.3 is 20.1 Å². The van der Waals surface area contributed by atoms with E-state index >= 15 is 0 Å². The van der Waals surface area contributed by atoms with Crippen LogP contribution in [-0.2, 0) is 16.1 Å². The van der Waals surface area contributed by atoms with Crippen molar-refractivity contribution in [2.45, 2.75) is 26.5 Å². The normalized spacial score (nSPS) is 16.3. The number of hydrogen-bond acceptors (Lipinski definition) is 4. The number of benzene rings is 2. The lowest BCUT2D eigenvalue weighted by Crippen LogP contribution is -2.47. The fraction of sp³-hybridized carbons (Fsp3) is 0.273.